The average molecular weight is 272 g/mol. The molecule has 1 aliphatic heterocycles. The fourth-order valence-electron chi connectivity index (χ4n) is 1.98. The zero-order valence-corrected chi connectivity index (χ0v) is 10.5. The molecule has 2 rings (SSSR count). The van der Waals surface area contributed by atoms with Crippen LogP contribution in [0, 0.1) is 0 Å². The van der Waals surface area contributed by atoms with E-state index in [2.05, 4.69) is 31.2 Å². The summed E-state index contributed by atoms with van der Waals surface area (Å²) >= 11 is -0.689. The van der Waals surface area contributed by atoms with E-state index in [4.69, 9.17) is 5.11 Å². The molecule has 1 heterocycles. The molecule has 0 spiro atoms. The zero-order valence-electron chi connectivity index (χ0n) is 8.84. The second-order valence-corrected chi connectivity index (χ2v) is 9.38. The normalized spacial score (nSPS) is 31.3. The topological polar surface area (TPSA) is 40.5 Å². The third-order valence-corrected chi connectivity index (χ3v) is 8.96. The van der Waals surface area contributed by atoms with Gasteiger partial charge in [0.25, 0.3) is 0 Å². The Kier molecular flexibility index (Phi) is 3.47. The molecule has 2 N–H and O–H groups in total. The van der Waals surface area contributed by atoms with E-state index in [-0.39, 0.29) is 6.61 Å². The van der Waals surface area contributed by atoms with Crippen LogP contribution in [0.2, 0.25) is 9.63 Å². The minimum atomic E-state index is -0.689. The van der Waals surface area contributed by atoms with Gasteiger partial charge in [-0.2, -0.15) is 0 Å². The van der Waals surface area contributed by atoms with Crippen LogP contribution in [0.25, 0.3) is 0 Å². The molecule has 15 heavy (non-hydrogen) atoms. The van der Waals surface area contributed by atoms with Gasteiger partial charge in [0, 0.05) is 0 Å². The van der Waals surface area contributed by atoms with Crippen LogP contribution in [0.4, 0.5) is 0 Å². The van der Waals surface area contributed by atoms with Gasteiger partial charge in [0.05, 0.1) is 0 Å². The third-order valence-electron chi connectivity index (χ3n) is 2.90. The second kappa shape index (κ2) is 4.67. The van der Waals surface area contributed by atoms with Gasteiger partial charge in [0.2, 0.25) is 0 Å². The molecule has 1 fully saturated rings. The molecule has 1 saturated heterocycles. The first-order valence-corrected chi connectivity index (χ1v) is 8.13. The van der Waals surface area contributed by atoms with Crippen molar-refractivity contribution in [3.8, 4) is 0 Å². The number of aliphatic hydroxyl groups is 2. The quantitative estimate of drug-likeness (QED) is 0.800. The Morgan fingerprint density at radius 1 is 1.33 bits per heavy atom. The first kappa shape index (κ1) is 11.2. The van der Waals surface area contributed by atoms with Crippen LogP contribution in [0.1, 0.15) is 13.3 Å². The predicted molar refractivity (Wildman–Crippen MR) is 62.7 cm³/mol. The molecule has 1 aromatic rings. The molecule has 0 bridgehead atoms. The van der Waals surface area contributed by atoms with Crippen molar-refractivity contribution < 1.29 is 10.2 Å². The monoisotopic (exact) mass is 273 g/mol. The Morgan fingerprint density at radius 2 is 2.00 bits per heavy atom. The van der Waals surface area contributed by atoms with Crippen molar-refractivity contribution in [2.45, 2.75) is 29.1 Å². The molecule has 4 atom stereocenters. The SMILES string of the molecule is CC1C(C[C@H](O)CO)[Se+]1c1ccccc1. The molecule has 0 aromatic heterocycles. The molecular weight excluding hydrogens is 255 g/mol. The molecular formula is C12H17O2Se+. The van der Waals surface area contributed by atoms with E-state index in [9.17, 15) is 5.11 Å². The molecule has 3 unspecified atom stereocenters. The summed E-state index contributed by atoms with van der Waals surface area (Å²) in [4.78, 5) is 1.42. The molecule has 0 aliphatic carbocycles. The van der Waals surface area contributed by atoms with Crippen molar-refractivity contribution in [1.82, 2.24) is 0 Å². The second-order valence-electron chi connectivity index (χ2n) is 4.00. The standard InChI is InChI=1S/C12H17O2Se/c1-9-12(7-10(14)8-13)15(9)11-5-3-2-4-6-11/h2-6,9-10,12-14H,7-8H2,1H3/q+1/t9?,10-,12?,15?/m0/s1. The fraction of sp³-hybridized carbons (Fsp3) is 0.500. The zero-order chi connectivity index (χ0) is 10.8. The maximum absolute atomic E-state index is 9.42. The first-order valence-electron chi connectivity index (χ1n) is 5.30. The first-order chi connectivity index (χ1) is 7.24. The summed E-state index contributed by atoms with van der Waals surface area (Å²) in [6, 6.07) is 10.6. The van der Waals surface area contributed by atoms with Gasteiger partial charge in [0.1, 0.15) is 0 Å². The van der Waals surface area contributed by atoms with Gasteiger partial charge in [-0.05, 0) is 0 Å². The number of hydrogen-bond donors (Lipinski definition) is 2. The number of hydrogen-bond acceptors (Lipinski definition) is 2. The summed E-state index contributed by atoms with van der Waals surface area (Å²) in [6.07, 6.45) is 0.256. The average Bonchev–Trinajstić information content (AvgIpc) is 2.90. The van der Waals surface area contributed by atoms with Gasteiger partial charge in [-0.3, -0.25) is 0 Å². The summed E-state index contributed by atoms with van der Waals surface area (Å²) in [5.41, 5.74) is 0. The van der Waals surface area contributed by atoms with Crippen LogP contribution in [0.15, 0.2) is 30.3 Å². The van der Waals surface area contributed by atoms with E-state index >= 15 is 0 Å². The van der Waals surface area contributed by atoms with Gasteiger partial charge >= 0.3 is 94.6 Å². The molecule has 0 radical (unpaired) electrons. The third kappa shape index (κ3) is 2.43. The molecule has 2 nitrogen and oxygen atoms in total. The Bertz CT molecular complexity index is 315. The van der Waals surface area contributed by atoms with Gasteiger partial charge in [-0.25, -0.2) is 0 Å². The van der Waals surface area contributed by atoms with E-state index < -0.39 is 20.0 Å². The molecule has 82 valence electrons. The van der Waals surface area contributed by atoms with E-state index in [0.29, 0.717) is 4.82 Å². The summed E-state index contributed by atoms with van der Waals surface area (Å²) in [5, 5.41) is 18.2. The van der Waals surface area contributed by atoms with Crippen LogP contribution in [0.3, 0.4) is 0 Å². The van der Waals surface area contributed by atoms with Gasteiger partial charge in [-0.1, -0.05) is 0 Å². The van der Waals surface area contributed by atoms with Crippen LogP contribution in [-0.4, -0.2) is 36.8 Å². The van der Waals surface area contributed by atoms with Gasteiger partial charge in [0.15, 0.2) is 0 Å². The minimum absolute atomic E-state index is 0.100. The Labute approximate surface area is 94.8 Å². The number of aliphatic hydroxyl groups excluding tert-OH is 2. The van der Waals surface area contributed by atoms with Gasteiger partial charge in [-0.15, -0.1) is 0 Å². The molecule has 0 saturated carbocycles. The van der Waals surface area contributed by atoms with Crippen LogP contribution < -0.4 is 4.46 Å². The van der Waals surface area contributed by atoms with E-state index in [0.717, 1.165) is 11.2 Å². The summed E-state index contributed by atoms with van der Waals surface area (Å²) in [5.74, 6) is 0. The van der Waals surface area contributed by atoms with Gasteiger partial charge < -0.3 is 0 Å². The fourth-order valence-corrected chi connectivity index (χ4v) is 7.91. The summed E-state index contributed by atoms with van der Waals surface area (Å²) < 4.78 is 1.49. The molecule has 3 heteroatoms. The van der Waals surface area contributed by atoms with Crippen molar-refractivity contribution in [1.29, 1.82) is 0 Å². The molecule has 0 amide bonds. The van der Waals surface area contributed by atoms with Crippen molar-refractivity contribution in [2.75, 3.05) is 6.61 Å². The van der Waals surface area contributed by atoms with Crippen molar-refractivity contribution in [2.24, 2.45) is 0 Å². The Hall–Kier alpha value is -0.341. The Morgan fingerprint density at radius 3 is 2.60 bits per heavy atom. The summed E-state index contributed by atoms with van der Waals surface area (Å²) in [6.45, 7) is 2.17. The van der Waals surface area contributed by atoms with Crippen molar-refractivity contribution >= 4 is 18.4 Å². The predicted octanol–water partition coefficient (Wildman–Crippen LogP) is 0.906. The van der Waals surface area contributed by atoms with E-state index in [1.54, 1.807) is 0 Å². The number of rotatable bonds is 4. The van der Waals surface area contributed by atoms with E-state index in [1.807, 2.05) is 6.07 Å². The summed E-state index contributed by atoms with van der Waals surface area (Å²) in [7, 11) is 0. The molecule has 1 aliphatic rings. The van der Waals surface area contributed by atoms with Crippen molar-refractivity contribution in [3.63, 3.8) is 0 Å². The number of benzene rings is 1. The van der Waals surface area contributed by atoms with Crippen LogP contribution in [0.5, 0.6) is 0 Å². The molecule has 1 aromatic carbocycles. The van der Waals surface area contributed by atoms with Crippen LogP contribution >= 0.6 is 0 Å². The maximum atomic E-state index is 9.42. The Balaban J connectivity index is 1.97. The van der Waals surface area contributed by atoms with E-state index in [1.165, 1.54) is 4.46 Å². The van der Waals surface area contributed by atoms with Crippen molar-refractivity contribution in [3.05, 3.63) is 30.3 Å². The van der Waals surface area contributed by atoms with Crippen LogP contribution in [-0.2, 0) is 0 Å².